The third-order valence-corrected chi connectivity index (χ3v) is 3.24. The highest BCUT2D eigenvalue weighted by Crippen LogP contribution is 2.26. The maximum atomic E-state index is 11.6. The molecule has 0 aliphatic carbocycles. The number of anilines is 1. The molecule has 1 N–H and O–H groups in total. The fraction of sp³-hybridized carbons (Fsp3) is 0.562. The minimum Gasteiger partial charge on any atom is -0.326 e. The Balaban J connectivity index is 0.00000364. The van der Waals surface area contributed by atoms with Crippen molar-refractivity contribution in [2.24, 2.45) is 0 Å². The van der Waals surface area contributed by atoms with Crippen LogP contribution in [0, 0.1) is 0 Å². The van der Waals surface area contributed by atoms with Gasteiger partial charge in [-0.2, -0.15) is 0 Å². The van der Waals surface area contributed by atoms with Gasteiger partial charge in [-0.05, 0) is 49.4 Å². The van der Waals surface area contributed by atoms with Crippen molar-refractivity contribution >= 4 is 24.0 Å². The van der Waals surface area contributed by atoms with Crippen LogP contribution in [0.2, 0.25) is 0 Å². The topological polar surface area (TPSA) is 32.3 Å². The molecule has 4 heteroatoms. The highest BCUT2D eigenvalue weighted by atomic mass is 35.5. The Kier molecular flexibility index (Phi) is 3.75. The summed E-state index contributed by atoms with van der Waals surface area (Å²) in [4.78, 5) is 12.9. The molecule has 112 valence electrons. The summed E-state index contributed by atoms with van der Waals surface area (Å²) in [5.74, 6) is -0.0908. The van der Waals surface area contributed by atoms with Crippen LogP contribution < -0.4 is 5.32 Å². The number of fused-ring (bicyclic) bond motifs is 1. The number of carbonyl (C=O) groups excluding carboxylic acids is 1. The van der Waals surface area contributed by atoms with Crippen molar-refractivity contribution in [2.75, 3.05) is 24.9 Å². The summed E-state index contributed by atoms with van der Waals surface area (Å²) in [6.07, 6.45) is -1.79. The molecule has 1 aliphatic rings. The van der Waals surface area contributed by atoms with E-state index in [-0.39, 0.29) is 37.8 Å². The molecule has 0 radical (unpaired) electrons. The summed E-state index contributed by atoms with van der Waals surface area (Å²) in [6, 6.07) is 5.47. The normalized spacial score (nSPS) is 20.3. The van der Waals surface area contributed by atoms with Crippen molar-refractivity contribution in [1.82, 2.24) is 4.90 Å². The van der Waals surface area contributed by atoms with Crippen molar-refractivity contribution in [3.8, 4) is 0 Å². The largest absolute Gasteiger partial charge is 0.326 e. The fourth-order valence-electron chi connectivity index (χ4n) is 2.38. The second kappa shape index (κ2) is 8.28. The molecule has 3 nitrogen and oxygen atoms in total. The summed E-state index contributed by atoms with van der Waals surface area (Å²) in [5, 5.41) is 2.76. The zero-order valence-corrected chi connectivity index (χ0v) is 12.3. The van der Waals surface area contributed by atoms with E-state index < -0.39 is 19.7 Å². The molecular formula is C16H25ClN2O. The van der Waals surface area contributed by atoms with E-state index in [9.17, 15) is 4.79 Å². The van der Waals surface area contributed by atoms with Crippen molar-refractivity contribution in [3.05, 3.63) is 29.3 Å². The van der Waals surface area contributed by atoms with Crippen LogP contribution in [0.3, 0.4) is 0 Å². The number of benzene rings is 1. The van der Waals surface area contributed by atoms with Gasteiger partial charge >= 0.3 is 0 Å². The first kappa shape index (κ1) is 9.06. The number of rotatable bonds is 7. The fourth-order valence-corrected chi connectivity index (χ4v) is 2.38. The number of hydrogen-bond acceptors (Lipinski definition) is 2. The smallest absolute Gasteiger partial charge is 0.228 e. The van der Waals surface area contributed by atoms with E-state index in [1.807, 2.05) is 13.0 Å². The Morgan fingerprint density at radius 2 is 2.30 bits per heavy atom. The molecule has 0 aromatic heterocycles. The lowest BCUT2D eigenvalue weighted by Crippen LogP contribution is -2.28. The third kappa shape index (κ3) is 4.22. The Morgan fingerprint density at radius 3 is 3.05 bits per heavy atom. The first-order valence-corrected chi connectivity index (χ1v) is 6.57. The lowest BCUT2D eigenvalue weighted by molar-refractivity contribution is -0.115. The van der Waals surface area contributed by atoms with Crippen LogP contribution in [-0.2, 0) is 17.6 Å². The number of nitrogens with zero attached hydrogens (tertiary/aromatic N) is 1. The molecule has 0 bridgehead atoms. The van der Waals surface area contributed by atoms with Crippen LogP contribution >= 0.6 is 12.4 Å². The van der Waals surface area contributed by atoms with Gasteiger partial charge in [0.15, 0.2) is 0 Å². The van der Waals surface area contributed by atoms with Crippen LogP contribution in [0.25, 0.3) is 0 Å². The van der Waals surface area contributed by atoms with Crippen LogP contribution in [-0.4, -0.2) is 30.4 Å². The van der Waals surface area contributed by atoms with Crippen LogP contribution in [0.5, 0.6) is 0 Å². The molecule has 1 amide bonds. The molecule has 0 atom stereocenters. The summed E-state index contributed by atoms with van der Waals surface area (Å²) < 4.78 is 54.2. The zero-order valence-electron chi connectivity index (χ0n) is 18.5. The predicted octanol–water partition coefficient (Wildman–Crippen LogP) is 3.27. The van der Waals surface area contributed by atoms with E-state index in [1.54, 1.807) is 12.1 Å². The van der Waals surface area contributed by atoms with Gasteiger partial charge in [-0.1, -0.05) is 25.9 Å². The molecule has 1 heterocycles. The monoisotopic (exact) mass is 303 g/mol. The SMILES string of the molecule is Cl.[2H]C([2H])([2H])C([2H])([2H])C([2H])([2H])N(CCC)CCc1cccc2c1CC(=O)N2. The first-order chi connectivity index (χ1) is 11.9. The third-order valence-electron chi connectivity index (χ3n) is 3.24. The lowest BCUT2D eigenvalue weighted by Gasteiger charge is -2.21. The molecule has 1 aliphatic heterocycles. The molecule has 0 unspecified atom stereocenters. The van der Waals surface area contributed by atoms with E-state index in [0.717, 1.165) is 16.8 Å². The number of nitrogens with one attached hydrogen (secondary N) is 1. The van der Waals surface area contributed by atoms with Gasteiger partial charge in [-0.25, -0.2) is 0 Å². The van der Waals surface area contributed by atoms with E-state index >= 15 is 0 Å². The number of carbonyl (C=O) groups is 1. The van der Waals surface area contributed by atoms with Crippen LogP contribution in [0.15, 0.2) is 18.2 Å². The Labute approximate surface area is 138 Å². The summed E-state index contributed by atoms with van der Waals surface area (Å²) in [7, 11) is 0. The van der Waals surface area contributed by atoms with Gasteiger partial charge < -0.3 is 10.2 Å². The van der Waals surface area contributed by atoms with Gasteiger partial charge in [0.1, 0.15) is 0 Å². The molecule has 1 aromatic rings. The highest BCUT2D eigenvalue weighted by Gasteiger charge is 2.20. The van der Waals surface area contributed by atoms with Crippen molar-refractivity contribution in [1.29, 1.82) is 0 Å². The maximum absolute atomic E-state index is 11.6. The number of hydrogen-bond donors (Lipinski definition) is 1. The maximum Gasteiger partial charge on any atom is 0.228 e. The van der Waals surface area contributed by atoms with Crippen molar-refractivity contribution < 1.29 is 14.4 Å². The van der Waals surface area contributed by atoms with Gasteiger partial charge in [0, 0.05) is 21.8 Å². The van der Waals surface area contributed by atoms with Crippen molar-refractivity contribution in [3.63, 3.8) is 0 Å². The quantitative estimate of drug-likeness (QED) is 0.838. The van der Waals surface area contributed by atoms with E-state index in [2.05, 4.69) is 5.32 Å². The second-order valence-electron chi connectivity index (χ2n) is 4.64. The Hall–Kier alpha value is -1.06. The highest BCUT2D eigenvalue weighted by molar-refractivity contribution is 5.99. The molecule has 0 spiro atoms. The van der Waals surface area contributed by atoms with Crippen LogP contribution in [0.4, 0.5) is 5.69 Å². The van der Waals surface area contributed by atoms with Gasteiger partial charge in [0.05, 0.1) is 6.42 Å². The number of amides is 1. The van der Waals surface area contributed by atoms with Gasteiger partial charge in [-0.3, -0.25) is 4.79 Å². The summed E-state index contributed by atoms with van der Waals surface area (Å²) in [6.45, 7) is -3.51. The molecule has 0 fully saturated rings. The van der Waals surface area contributed by atoms with E-state index in [1.165, 1.54) is 4.90 Å². The first-order valence-electron chi connectivity index (χ1n) is 10.1. The summed E-state index contributed by atoms with van der Waals surface area (Å²) >= 11 is 0. The van der Waals surface area contributed by atoms with Crippen molar-refractivity contribution in [2.45, 2.75) is 39.4 Å². The van der Waals surface area contributed by atoms with E-state index in [4.69, 9.17) is 9.60 Å². The molecule has 20 heavy (non-hydrogen) atoms. The van der Waals surface area contributed by atoms with E-state index in [0.29, 0.717) is 12.8 Å². The molecule has 2 rings (SSSR count). The predicted molar refractivity (Wildman–Crippen MR) is 86.7 cm³/mol. The standard InChI is InChI=1S/C16H24N2O.ClH/c1-3-9-18(10-4-2)11-8-13-6-5-7-15-14(13)12-16(19)17-15;/h5-7H,3-4,8-12H2,1-2H3,(H,17,19);1H/i1D3,3D2,9D2;. The Morgan fingerprint density at radius 1 is 1.45 bits per heavy atom. The zero-order chi connectivity index (χ0) is 19.8. The van der Waals surface area contributed by atoms with Crippen LogP contribution in [0.1, 0.15) is 47.3 Å². The average molecular weight is 304 g/mol. The molecule has 0 saturated carbocycles. The van der Waals surface area contributed by atoms with Gasteiger partial charge in [0.25, 0.3) is 0 Å². The number of halogens is 1. The van der Waals surface area contributed by atoms with Gasteiger partial charge in [-0.15, -0.1) is 12.4 Å². The lowest BCUT2D eigenvalue weighted by atomic mass is 10.0. The molecule has 1 aromatic carbocycles. The molecule has 0 saturated heterocycles. The summed E-state index contributed by atoms with van der Waals surface area (Å²) in [5.41, 5.74) is 2.50. The minimum atomic E-state index is -3.08. The minimum absolute atomic E-state index is 0. The Bertz CT molecular complexity index is 679. The van der Waals surface area contributed by atoms with Gasteiger partial charge in [0.2, 0.25) is 5.91 Å². The average Bonchev–Trinajstić information content (AvgIpc) is 2.90. The molecular weight excluding hydrogens is 272 g/mol. The second-order valence-corrected chi connectivity index (χ2v) is 4.64.